The molecule has 5 heterocycles. The number of imide groups is 2. The topological polar surface area (TPSA) is 153 Å². The van der Waals surface area contributed by atoms with Gasteiger partial charge in [-0.1, -0.05) is 5.16 Å². The van der Waals surface area contributed by atoms with E-state index in [1.165, 1.54) is 0 Å². The Kier molecular flexibility index (Phi) is 4.16. The molecule has 0 bridgehead atoms. The molecule has 4 amide bonds. The van der Waals surface area contributed by atoms with E-state index in [9.17, 15) is 14.4 Å². The van der Waals surface area contributed by atoms with E-state index < -0.39 is 41.2 Å². The molecule has 13 heteroatoms. The van der Waals surface area contributed by atoms with Gasteiger partial charge in [0.1, 0.15) is 0 Å². The Labute approximate surface area is 190 Å². The molecule has 3 aliphatic heterocycles. The second-order valence-electron chi connectivity index (χ2n) is 8.87. The zero-order valence-corrected chi connectivity index (χ0v) is 18.3. The first kappa shape index (κ1) is 20.7. The van der Waals surface area contributed by atoms with Gasteiger partial charge in [-0.2, -0.15) is 0 Å². The second-order valence-corrected chi connectivity index (χ2v) is 8.87. The lowest BCUT2D eigenvalue weighted by atomic mass is 9.66. The number of amides is 4. The summed E-state index contributed by atoms with van der Waals surface area (Å²) in [5.41, 5.74) is -1.11. The molecule has 0 radical (unpaired) electrons. The van der Waals surface area contributed by atoms with E-state index in [0.717, 1.165) is 0 Å². The molecule has 1 spiro atoms. The van der Waals surface area contributed by atoms with Crippen LogP contribution in [-0.4, -0.2) is 58.0 Å². The highest BCUT2D eigenvalue weighted by molar-refractivity contribution is 6.20. The Balaban J connectivity index is 1.60. The van der Waals surface area contributed by atoms with Crippen LogP contribution in [0.1, 0.15) is 25.3 Å². The fraction of sp³-hybridized carbons (Fsp3) is 0.429. The van der Waals surface area contributed by atoms with Crippen LogP contribution >= 0.6 is 0 Å². The number of aryl methyl sites for hydroxylation is 1. The Morgan fingerprint density at radius 2 is 1.91 bits per heavy atom. The first-order chi connectivity index (χ1) is 16.2. The van der Waals surface area contributed by atoms with Gasteiger partial charge in [0.25, 0.3) is 5.89 Å². The number of hydrogen-bond acceptors (Lipinski definition) is 10. The number of fused-ring (bicyclic) bond motifs is 5. The molecule has 1 aromatic carbocycles. The maximum atomic E-state index is 16.0. The molecule has 0 saturated carbocycles. The van der Waals surface area contributed by atoms with E-state index in [0.29, 0.717) is 11.5 Å². The summed E-state index contributed by atoms with van der Waals surface area (Å²) < 4.78 is 32.7. The SMILES string of the molecule is Cc1nnc(-c2noc3c(F)c4c(cc23)CC2(C(=O)NC(=O)NC2=O)[C@H]2[C@H](C)O[C@H](C)CN42)o1. The molecule has 34 heavy (non-hydrogen) atoms. The average Bonchev–Trinajstić information content (AvgIpc) is 3.37. The lowest BCUT2D eigenvalue weighted by molar-refractivity contribution is -0.153. The number of anilines is 1. The number of nitrogens with zero attached hydrogens (tertiary/aromatic N) is 4. The van der Waals surface area contributed by atoms with Crippen molar-refractivity contribution in [2.24, 2.45) is 5.41 Å². The summed E-state index contributed by atoms with van der Waals surface area (Å²) in [6.07, 6.45) is -1.10. The maximum Gasteiger partial charge on any atom is 0.328 e. The molecule has 3 aromatic rings. The van der Waals surface area contributed by atoms with Crippen LogP contribution in [-0.2, 0) is 20.7 Å². The number of barbiturate groups is 1. The van der Waals surface area contributed by atoms with Crippen LogP contribution in [0.3, 0.4) is 0 Å². The predicted octanol–water partition coefficient (Wildman–Crippen LogP) is 1.22. The van der Waals surface area contributed by atoms with Crippen molar-refractivity contribution < 1.29 is 32.5 Å². The monoisotopic (exact) mass is 470 g/mol. The fourth-order valence-electron chi connectivity index (χ4n) is 5.50. The second kappa shape index (κ2) is 6.82. The smallest absolute Gasteiger partial charge is 0.328 e. The Bertz CT molecular complexity index is 1380. The molecule has 176 valence electrons. The maximum absolute atomic E-state index is 16.0. The number of aromatic nitrogens is 3. The number of benzene rings is 1. The lowest BCUT2D eigenvalue weighted by Crippen LogP contribution is -2.75. The Morgan fingerprint density at radius 1 is 1.18 bits per heavy atom. The minimum Gasteiger partial charge on any atom is -0.419 e. The van der Waals surface area contributed by atoms with Crippen molar-refractivity contribution in [3.05, 3.63) is 23.3 Å². The van der Waals surface area contributed by atoms with Gasteiger partial charge in [0.15, 0.2) is 16.9 Å². The number of rotatable bonds is 1. The summed E-state index contributed by atoms with van der Waals surface area (Å²) >= 11 is 0. The molecular formula is C21H19FN6O6. The number of hydrogen-bond donors (Lipinski definition) is 2. The molecule has 6 rings (SSSR count). The van der Waals surface area contributed by atoms with E-state index in [1.807, 2.05) is 6.92 Å². The van der Waals surface area contributed by atoms with Gasteiger partial charge in [0, 0.05) is 19.9 Å². The van der Waals surface area contributed by atoms with E-state index in [-0.39, 0.29) is 47.3 Å². The van der Waals surface area contributed by atoms with E-state index in [1.54, 1.807) is 24.8 Å². The van der Waals surface area contributed by atoms with Crippen molar-refractivity contribution in [1.29, 1.82) is 0 Å². The molecular weight excluding hydrogens is 451 g/mol. The van der Waals surface area contributed by atoms with Crippen molar-refractivity contribution in [3.8, 4) is 11.6 Å². The van der Waals surface area contributed by atoms with Crippen LogP contribution in [0.25, 0.3) is 22.6 Å². The van der Waals surface area contributed by atoms with Crippen molar-refractivity contribution in [3.63, 3.8) is 0 Å². The first-order valence-electron chi connectivity index (χ1n) is 10.7. The lowest BCUT2D eigenvalue weighted by Gasteiger charge is -2.55. The summed E-state index contributed by atoms with van der Waals surface area (Å²) in [4.78, 5) is 40.0. The Hall–Kier alpha value is -3.87. The van der Waals surface area contributed by atoms with Gasteiger partial charge in [-0.15, -0.1) is 10.2 Å². The highest BCUT2D eigenvalue weighted by Gasteiger charge is 2.63. The molecule has 12 nitrogen and oxygen atoms in total. The number of urea groups is 1. The van der Waals surface area contributed by atoms with Crippen molar-refractivity contribution in [2.75, 3.05) is 11.4 Å². The van der Waals surface area contributed by atoms with Crippen LogP contribution in [0, 0.1) is 18.2 Å². The summed E-state index contributed by atoms with van der Waals surface area (Å²) in [5.74, 6) is -1.86. The molecule has 2 aromatic heterocycles. The molecule has 2 fully saturated rings. The van der Waals surface area contributed by atoms with Crippen LogP contribution < -0.4 is 15.5 Å². The summed E-state index contributed by atoms with van der Waals surface area (Å²) in [5, 5.41) is 16.3. The summed E-state index contributed by atoms with van der Waals surface area (Å²) in [6.45, 7) is 5.36. The quantitative estimate of drug-likeness (QED) is 0.496. The zero-order chi connectivity index (χ0) is 23.9. The number of carbonyl (C=O) groups excluding carboxylic acids is 3. The van der Waals surface area contributed by atoms with Gasteiger partial charge >= 0.3 is 6.03 Å². The largest absolute Gasteiger partial charge is 0.419 e. The average molecular weight is 470 g/mol. The van der Waals surface area contributed by atoms with Gasteiger partial charge in [0.2, 0.25) is 23.3 Å². The third kappa shape index (κ3) is 2.61. The minimum absolute atomic E-state index is 0.0476. The molecule has 2 N–H and O–H groups in total. The molecule has 3 atom stereocenters. The van der Waals surface area contributed by atoms with Crippen LogP contribution in [0.2, 0.25) is 0 Å². The predicted molar refractivity (Wildman–Crippen MR) is 111 cm³/mol. The van der Waals surface area contributed by atoms with Crippen LogP contribution in [0.15, 0.2) is 15.0 Å². The fourth-order valence-corrected chi connectivity index (χ4v) is 5.50. The Morgan fingerprint density at radius 3 is 2.59 bits per heavy atom. The molecule has 0 aliphatic carbocycles. The molecule has 2 saturated heterocycles. The van der Waals surface area contributed by atoms with E-state index in [4.69, 9.17) is 13.7 Å². The van der Waals surface area contributed by atoms with Gasteiger partial charge < -0.3 is 18.6 Å². The number of halogens is 1. The molecule has 0 unspecified atom stereocenters. The highest BCUT2D eigenvalue weighted by atomic mass is 19.1. The zero-order valence-electron chi connectivity index (χ0n) is 18.3. The number of nitrogens with one attached hydrogen (secondary N) is 2. The van der Waals surface area contributed by atoms with Crippen molar-refractivity contribution in [2.45, 2.75) is 45.4 Å². The summed E-state index contributed by atoms with van der Waals surface area (Å²) in [7, 11) is 0. The highest BCUT2D eigenvalue weighted by Crippen LogP contribution is 2.49. The van der Waals surface area contributed by atoms with Gasteiger partial charge in [-0.25, -0.2) is 9.18 Å². The summed E-state index contributed by atoms with van der Waals surface area (Å²) in [6, 6.07) is -0.151. The number of ether oxygens (including phenoxy) is 1. The standard InChI is InChI=1S/C21H19FN6O6/c1-7-6-28-14-10(4-11-13(17-26-25-9(3)33-17)27-34-15(11)12(14)22)5-21(16(28)8(2)32-7)18(29)23-20(31)24-19(21)30/h4,7-8,16H,5-6H2,1-3H3,(H2,23,24,29,30,31)/t7-,8+,16-/m1/s1. The van der Waals surface area contributed by atoms with Gasteiger partial charge in [-0.05, 0) is 25.5 Å². The third-order valence-corrected chi connectivity index (χ3v) is 6.69. The van der Waals surface area contributed by atoms with Crippen molar-refractivity contribution >= 4 is 34.5 Å². The first-order valence-corrected chi connectivity index (χ1v) is 10.7. The number of morpholine rings is 1. The minimum atomic E-state index is -1.72. The van der Waals surface area contributed by atoms with E-state index >= 15 is 4.39 Å². The van der Waals surface area contributed by atoms with Gasteiger partial charge in [-0.3, -0.25) is 20.2 Å². The van der Waals surface area contributed by atoms with Gasteiger partial charge in [0.05, 0.1) is 29.3 Å². The van der Waals surface area contributed by atoms with Crippen LogP contribution in [0.4, 0.5) is 14.9 Å². The van der Waals surface area contributed by atoms with E-state index in [2.05, 4.69) is 26.0 Å². The van der Waals surface area contributed by atoms with Crippen molar-refractivity contribution in [1.82, 2.24) is 26.0 Å². The normalized spacial score (nSPS) is 25.8. The molecule has 3 aliphatic rings. The number of carbonyl (C=O) groups is 3. The third-order valence-electron chi connectivity index (χ3n) is 6.69. The van der Waals surface area contributed by atoms with Crippen LogP contribution in [0.5, 0.6) is 0 Å².